The number of carbonyl (C=O) groups excluding carboxylic acids is 2. The van der Waals surface area contributed by atoms with Crippen LogP contribution in [0.1, 0.15) is 56.9 Å². The molecule has 1 aromatic carbocycles. The van der Waals surface area contributed by atoms with E-state index in [9.17, 15) is 9.59 Å². The first-order valence-electron chi connectivity index (χ1n) is 8.90. The van der Waals surface area contributed by atoms with Gasteiger partial charge in [-0.15, -0.1) is 0 Å². The smallest absolute Gasteiger partial charge is 0.240 e. The van der Waals surface area contributed by atoms with Gasteiger partial charge in [0.25, 0.3) is 0 Å². The Balaban J connectivity index is 1.65. The number of hydrogen-bond donors (Lipinski definition) is 2. The molecule has 4 nitrogen and oxygen atoms in total. The molecule has 2 aliphatic carbocycles. The maximum atomic E-state index is 12.7. The molecule has 3 rings (SSSR count). The van der Waals surface area contributed by atoms with Crippen LogP contribution in [0.2, 0.25) is 5.02 Å². The van der Waals surface area contributed by atoms with E-state index >= 15 is 0 Å². The van der Waals surface area contributed by atoms with Gasteiger partial charge in [0.05, 0.1) is 0 Å². The molecule has 0 atom stereocenters. The van der Waals surface area contributed by atoms with Gasteiger partial charge in [0.1, 0.15) is 5.41 Å². The fourth-order valence-corrected chi connectivity index (χ4v) is 3.57. The Morgan fingerprint density at radius 3 is 2.38 bits per heavy atom. The van der Waals surface area contributed by atoms with E-state index in [1.165, 1.54) is 12.8 Å². The second-order valence-electron chi connectivity index (χ2n) is 7.16. The minimum atomic E-state index is -0.888. The Hall–Kier alpha value is -1.55. The molecule has 0 radical (unpaired) electrons. The van der Waals surface area contributed by atoms with Crippen LogP contribution in [-0.4, -0.2) is 17.9 Å². The SMILES string of the molecule is Cc1ccc(Cl)cc1NC(=O)C1(C(=O)NC2CCCCCC2)CC1. The Labute approximate surface area is 148 Å². The largest absolute Gasteiger partial charge is 0.352 e. The van der Waals surface area contributed by atoms with Crippen LogP contribution in [0.4, 0.5) is 5.69 Å². The molecule has 5 heteroatoms. The van der Waals surface area contributed by atoms with E-state index in [1.807, 2.05) is 13.0 Å². The molecule has 0 saturated heterocycles. The van der Waals surface area contributed by atoms with Crippen molar-refractivity contribution >= 4 is 29.1 Å². The third-order valence-corrected chi connectivity index (χ3v) is 5.49. The number of aryl methyl sites for hydroxylation is 1. The topological polar surface area (TPSA) is 58.2 Å². The van der Waals surface area contributed by atoms with E-state index in [0.717, 1.165) is 31.2 Å². The van der Waals surface area contributed by atoms with Crippen molar-refractivity contribution in [1.82, 2.24) is 5.32 Å². The van der Waals surface area contributed by atoms with Crippen molar-refractivity contribution in [2.75, 3.05) is 5.32 Å². The predicted octanol–water partition coefficient (Wildman–Crippen LogP) is 4.21. The van der Waals surface area contributed by atoms with E-state index in [-0.39, 0.29) is 17.9 Å². The summed E-state index contributed by atoms with van der Waals surface area (Å²) in [6.45, 7) is 1.91. The first kappa shape index (κ1) is 17.3. The first-order chi connectivity index (χ1) is 11.5. The summed E-state index contributed by atoms with van der Waals surface area (Å²) in [5, 5.41) is 6.60. The second kappa shape index (κ2) is 7.14. The molecule has 0 heterocycles. The lowest BCUT2D eigenvalue weighted by Gasteiger charge is -2.21. The number of anilines is 1. The Morgan fingerprint density at radius 1 is 1.08 bits per heavy atom. The standard InChI is InChI=1S/C19H25ClN2O2/c1-13-8-9-14(20)12-16(13)22-18(24)19(10-11-19)17(23)21-15-6-4-2-3-5-7-15/h8-9,12,15H,2-7,10-11H2,1H3,(H,21,23)(H,22,24). The maximum absolute atomic E-state index is 12.7. The van der Waals surface area contributed by atoms with Gasteiger partial charge in [0.15, 0.2) is 0 Å². The zero-order chi connectivity index (χ0) is 17.2. The summed E-state index contributed by atoms with van der Waals surface area (Å²) >= 11 is 6.01. The number of amides is 2. The van der Waals surface area contributed by atoms with Crippen LogP contribution >= 0.6 is 11.6 Å². The van der Waals surface area contributed by atoms with E-state index < -0.39 is 5.41 Å². The van der Waals surface area contributed by atoms with Gasteiger partial charge in [0, 0.05) is 16.8 Å². The Morgan fingerprint density at radius 2 is 1.75 bits per heavy atom. The lowest BCUT2D eigenvalue weighted by molar-refractivity contribution is -0.134. The lowest BCUT2D eigenvalue weighted by atomic mass is 10.0. The predicted molar refractivity (Wildman–Crippen MR) is 96.1 cm³/mol. The minimum Gasteiger partial charge on any atom is -0.352 e. The van der Waals surface area contributed by atoms with Crippen molar-refractivity contribution in [3.63, 3.8) is 0 Å². The zero-order valence-electron chi connectivity index (χ0n) is 14.2. The number of carbonyl (C=O) groups is 2. The molecule has 2 aliphatic rings. The van der Waals surface area contributed by atoms with Gasteiger partial charge >= 0.3 is 0 Å². The fraction of sp³-hybridized carbons (Fsp3) is 0.579. The summed E-state index contributed by atoms with van der Waals surface area (Å²) in [5.74, 6) is -0.314. The van der Waals surface area contributed by atoms with E-state index in [2.05, 4.69) is 10.6 Å². The molecule has 2 saturated carbocycles. The van der Waals surface area contributed by atoms with Gasteiger partial charge in [-0.05, 0) is 50.3 Å². The van der Waals surface area contributed by atoms with E-state index in [1.54, 1.807) is 12.1 Å². The number of benzene rings is 1. The van der Waals surface area contributed by atoms with Crippen LogP contribution < -0.4 is 10.6 Å². The highest BCUT2D eigenvalue weighted by Crippen LogP contribution is 2.47. The lowest BCUT2D eigenvalue weighted by Crippen LogP contribution is -2.44. The number of rotatable bonds is 4. The maximum Gasteiger partial charge on any atom is 0.240 e. The molecule has 0 bridgehead atoms. The van der Waals surface area contributed by atoms with Gasteiger partial charge in [-0.25, -0.2) is 0 Å². The zero-order valence-corrected chi connectivity index (χ0v) is 14.9. The number of nitrogens with one attached hydrogen (secondary N) is 2. The molecular formula is C19H25ClN2O2. The Kier molecular flexibility index (Phi) is 5.14. The van der Waals surface area contributed by atoms with Gasteiger partial charge < -0.3 is 10.6 Å². The van der Waals surface area contributed by atoms with Crippen molar-refractivity contribution in [3.05, 3.63) is 28.8 Å². The summed E-state index contributed by atoms with van der Waals surface area (Å²) in [6, 6.07) is 5.60. The van der Waals surface area contributed by atoms with Crippen molar-refractivity contribution in [1.29, 1.82) is 0 Å². The summed E-state index contributed by atoms with van der Waals surface area (Å²) in [7, 11) is 0. The summed E-state index contributed by atoms with van der Waals surface area (Å²) in [6.07, 6.45) is 8.09. The van der Waals surface area contributed by atoms with Gasteiger partial charge in [-0.2, -0.15) is 0 Å². The van der Waals surface area contributed by atoms with E-state index in [0.29, 0.717) is 23.6 Å². The monoisotopic (exact) mass is 348 g/mol. The summed E-state index contributed by atoms with van der Waals surface area (Å²) in [4.78, 5) is 25.4. The quantitative estimate of drug-likeness (QED) is 0.632. The molecule has 1 aromatic rings. The molecule has 2 fully saturated rings. The molecule has 0 aliphatic heterocycles. The van der Waals surface area contributed by atoms with E-state index in [4.69, 9.17) is 11.6 Å². The van der Waals surface area contributed by atoms with Crippen molar-refractivity contribution in [2.45, 2.75) is 64.3 Å². The highest BCUT2D eigenvalue weighted by molar-refractivity contribution is 6.31. The van der Waals surface area contributed by atoms with Crippen LogP contribution in [0.25, 0.3) is 0 Å². The van der Waals surface area contributed by atoms with Crippen LogP contribution in [0.15, 0.2) is 18.2 Å². The summed E-state index contributed by atoms with van der Waals surface area (Å²) < 4.78 is 0. The molecule has 0 spiro atoms. The van der Waals surface area contributed by atoms with Crippen molar-refractivity contribution in [2.24, 2.45) is 5.41 Å². The second-order valence-corrected chi connectivity index (χ2v) is 7.59. The van der Waals surface area contributed by atoms with Gasteiger partial charge in [0.2, 0.25) is 11.8 Å². The van der Waals surface area contributed by atoms with Crippen molar-refractivity contribution in [3.8, 4) is 0 Å². The first-order valence-corrected chi connectivity index (χ1v) is 9.28. The number of halogens is 1. The molecule has 24 heavy (non-hydrogen) atoms. The average Bonchev–Trinajstić information content (AvgIpc) is 3.36. The van der Waals surface area contributed by atoms with Crippen LogP contribution in [0.5, 0.6) is 0 Å². The fourth-order valence-electron chi connectivity index (χ4n) is 3.40. The molecule has 0 unspecified atom stereocenters. The number of hydrogen-bond acceptors (Lipinski definition) is 2. The van der Waals surface area contributed by atoms with Crippen molar-refractivity contribution < 1.29 is 9.59 Å². The Bertz CT molecular complexity index is 632. The van der Waals surface area contributed by atoms with Gasteiger partial charge in [-0.1, -0.05) is 43.4 Å². The average molecular weight is 349 g/mol. The highest BCUT2D eigenvalue weighted by atomic mass is 35.5. The van der Waals surface area contributed by atoms with Crippen LogP contribution in [0, 0.1) is 12.3 Å². The molecule has 130 valence electrons. The molecular weight excluding hydrogens is 324 g/mol. The third-order valence-electron chi connectivity index (χ3n) is 5.26. The van der Waals surface area contributed by atoms with Crippen LogP contribution in [0.3, 0.4) is 0 Å². The van der Waals surface area contributed by atoms with Crippen LogP contribution in [-0.2, 0) is 9.59 Å². The third kappa shape index (κ3) is 3.75. The molecule has 2 N–H and O–H groups in total. The molecule has 0 aromatic heterocycles. The molecule has 2 amide bonds. The highest BCUT2D eigenvalue weighted by Gasteiger charge is 2.56. The minimum absolute atomic E-state index is 0.105. The summed E-state index contributed by atoms with van der Waals surface area (Å²) in [5.41, 5.74) is 0.731. The normalized spacial score (nSPS) is 20.1. The van der Waals surface area contributed by atoms with Gasteiger partial charge in [-0.3, -0.25) is 9.59 Å².